The first-order valence-electron chi connectivity index (χ1n) is 16.4. The van der Waals surface area contributed by atoms with E-state index in [1.165, 1.54) is 0 Å². The van der Waals surface area contributed by atoms with Gasteiger partial charge in [0, 0.05) is 19.5 Å². The van der Waals surface area contributed by atoms with E-state index in [4.69, 9.17) is 4.74 Å². The highest BCUT2D eigenvalue weighted by Gasteiger charge is 2.28. The van der Waals surface area contributed by atoms with Crippen molar-refractivity contribution in [2.75, 3.05) is 13.1 Å². The van der Waals surface area contributed by atoms with Crippen LogP contribution in [0.1, 0.15) is 104 Å². The number of hydrogen-bond donors (Lipinski definition) is 2. The Morgan fingerprint density at radius 3 is 1.91 bits per heavy atom. The fourth-order valence-corrected chi connectivity index (χ4v) is 4.96. The molecule has 0 aliphatic carbocycles. The van der Waals surface area contributed by atoms with Gasteiger partial charge in [-0.2, -0.15) is 0 Å². The highest BCUT2D eigenvalue weighted by Crippen LogP contribution is 2.16. The van der Waals surface area contributed by atoms with Crippen LogP contribution in [-0.4, -0.2) is 47.8 Å². The number of carbonyl (C=O) groups excluding carboxylic acids is 3. The molecule has 0 aliphatic heterocycles. The zero-order valence-electron chi connectivity index (χ0n) is 27.2. The van der Waals surface area contributed by atoms with E-state index in [0.29, 0.717) is 13.0 Å². The minimum absolute atomic E-state index is 0.0497. The minimum Gasteiger partial charge on any atom is -0.489 e. The number of benzene rings is 2. The molecule has 2 aromatic carbocycles. The Kier molecular flexibility index (Phi) is 17.1. The lowest BCUT2D eigenvalue weighted by Crippen LogP contribution is -2.55. The van der Waals surface area contributed by atoms with Crippen LogP contribution in [0.4, 0.5) is 0 Å². The predicted octanol–water partition coefficient (Wildman–Crippen LogP) is 6.83. The third kappa shape index (κ3) is 14.1. The molecule has 43 heavy (non-hydrogen) atoms. The van der Waals surface area contributed by atoms with Gasteiger partial charge in [0.2, 0.25) is 17.7 Å². The van der Waals surface area contributed by atoms with Gasteiger partial charge in [-0.3, -0.25) is 14.4 Å². The minimum atomic E-state index is -0.709. The third-order valence-electron chi connectivity index (χ3n) is 7.68. The van der Waals surface area contributed by atoms with Crippen molar-refractivity contribution in [3.8, 4) is 5.75 Å². The van der Waals surface area contributed by atoms with Crippen molar-refractivity contribution in [1.29, 1.82) is 0 Å². The summed E-state index contributed by atoms with van der Waals surface area (Å²) in [6, 6.07) is 16.4. The van der Waals surface area contributed by atoms with Crippen molar-refractivity contribution in [2.45, 2.75) is 118 Å². The second-order valence-corrected chi connectivity index (χ2v) is 11.9. The molecule has 0 heterocycles. The SMILES string of the molecule is CCCCCCN(CCCCCC)C(=O)C(C)NC(=O)C(NC(=O)CCc1ccc(OCc2ccccc2)cc1)C(C)C. The summed E-state index contributed by atoms with van der Waals surface area (Å²) >= 11 is 0. The Labute approximate surface area is 260 Å². The van der Waals surface area contributed by atoms with Gasteiger partial charge < -0.3 is 20.3 Å². The van der Waals surface area contributed by atoms with Crippen LogP contribution in [0.5, 0.6) is 5.75 Å². The van der Waals surface area contributed by atoms with Crippen LogP contribution in [0.2, 0.25) is 0 Å². The van der Waals surface area contributed by atoms with E-state index in [2.05, 4.69) is 24.5 Å². The summed E-state index contributed by atoms with van der Waals surface area (Å²) in [5, 5.41) is 5.80. The van der Waals surface area contributed by atoms with Gasteiger partial charge in [0.1, 0.15) is 24.4 Å². The second kappa shape index (κ2) is 20.5. The molecule has 0 radical (unpaired) electrons. The first kappa shape index (κ1) is 35.8. The Balaban J connectivity index is 1.86. The normalized spacial score (nSPS) is 12.4. The molecule has 0 aliphatic rings. The fourth-order valence-electron chi connectivity index (χ4n) is 4.96. The van der Waals surface area contributed by atoms with Crippen LogP contribution in [0, 0.1) is 5.92 Å². The maximum Gasteiger partial charge on any atom is 0.244 e. The van der Waals surface area contributed by atoms with E-state index in [9.17, 15) is 14.4 Å². The molecule has 0 aromatic heterocycles. The Bertz CT molecular complexity index is 1060. The molecule has 0 fully saturated rings. The van der Waals surface area contributed by atoms with Crippen molar-refractivity contribution >= 4 is 17.7 Å². The number of carbonyl (C=O) groups is 3. The zero-order chi connectivity index (χ0) is 31.5. The Morgan fingerprint density at radius 1 is 0.744 bits per heavy atom. The summed E-state index contributed by atoms with van der Waals surface area (Å²) in [6.45, 7) is 11.8. The van der Waals surface area contributed by atoms with Crippen LogP contribution in [0.25, 0.3) is 0 Å². The average Bonchev–Trinajstić information content (AvgIpc) is 3.01. The number of nitrogens with zero attached hydrogens (tertiary/aromatic N) is 1. The molecule has 238 valence electrons. The fraction of sp³-hybridized carbons (Fsp3) is 0.583. The maximum absolute atomic E-state index is 13.3. The summed E-state index contributed by atoms with van der Waals surface area (Å²) in [6.07, 6.45) is 9.58. The van der Waals surface area contributed by atoms with E-state index in [-0.39, 0.29) is 30.1 Å². The number of nitrogens with one attached hydrogen (secondary N) is 2. The highest BCUT2D eigenvalue weighted by atomic mass is 16.5. The van der Waals surface area contributed by atoms with Crippen LogP contribution >= 0.6 is 0 Å². The number of aryl methyl sites for hydroxylation is 1. The quantitative estimate of drug-likeness (QED) is 0.155. The first-order chi connectivity index (χ1) is 20.7. The molecule has 2 rings (SSSR count). The molecular weight excluding hydrogens is 538 g/mol. The first-order valence-corrected chi connectivity index (χ1v) is 16.4. The number of rotatable bonds is 21. The number of unbranched alkanes of at least 4 members (excludes halogenated alkanes) is 6. The zero-order valence-corrected chi connectivity index (χ0v) is 27.2. The molecule has 7 nitrogen and oxygen atoms in total. The van der Waals surface area contributed by atoms with E-state index < -0.39 is 12.1 Å². The summed E-state index contributed by atoms with van der Waals surface area (Å²) in [4.78, 5) is 41.3. The largest absolute Gasteiger partial charge is 0.489 e. The van der Waals surface area contributed by atoms with Gasteiger partial charge in [-0.15, -0.1) is 0 Å². The third-order valence-corrected chi connectivity index (χ3v) is 7.68. The molecular formula is C36H55N3O4. The lowest BCUT2D eigenvalue weighted by molar-refractivity contribution is -0.137. The monoisotopic (exact) mass is 593 g/mol. The highest BCUT2D eigenvalue weighted by molar-refractivity contribution is 5.92. The van der Waals surface area contributed by atoms with Gasteiger partial charge in [0.05, 0.1) is 0 Å². The molecule has 0 spiro atoms. The molecule has 3 amide bonds. The number of amides is 3. The van der Waals surface area contributed by atoms with Gasteiger partial charge in [-0.05, 0) is 55.4 Å². The molecule has 2 atom stereocenters. The van der Waals surface area contributed by atoms with Gasteiger partial charge in [-0.25, -0.2) is 0 Å². The van der Waals surface area contributed by atoms with E-state index >= 15 is 0 Å². The lowest BCUT2D eigenvalue weighted by atomic mass is 10.0. The maximum atomic E-state index is 13.3. The summed E-state index contributed by atoms with van der Waals surface area (Å²) in [5.74, 6) is 0.0994. The standard InChI is InChI=1S/C36H55N3O4/c1-6-8-10-15-25-39(26-16-11-9-7-2)36(42)29(5)37-35(41)34(28(3)4)38-33(40)24-21-30-19-22-32(23-20-30)43-27-31-17-13-12-14-18-31/h12-14,17-20,22-23,28-29,34H,6-11,15-16,21,24-27H2,1-5H3,(H,37,41)(H,38,40). The summed E-state index contributed by atoms with van der Waals surface area (Å²) in [5.41, 5.74) is 2.12. The Morgan fingerprint density at radius 2 is 1.35 bits per heavy atom. The van der Waals surface area contributed by atoms with Gasteiger partial charge in [-0.1, -0.05) is 109 Å². The van der Waals surface area contributed by atoms with Crippen LogP contribution in [0.3, 0.4) is 0 Å². The van der Waals surface area contributed by atoms with Gasteiger partial charge in [0.25, 0.3) is 0 Å². The number of ether oxygens (including phenoxy) is 1. The lowest BCUT2D eigenvalue weighted by Gasteiger charge is -2.28. The topological polar surface area (TPSA) is 87.7 Å². The van der Waals surface area contributed by atoms with Gasteiger partial charge >= 0.3 is 0 Å². The molecule has 2 aromatic rings. The predicted molar refractivity (Wildman–Crippen MR) is 175 cm³/mol. The molecule has 2 N–H and O–H groups in total. The van der Waals surface area contributed by atoms with Crippen molar-refractivity contribution < 1.29 is 19.1 Å². The molecule has 0 bridgehead atoms. The molecule has 2 unspecified atom stereocenters. The van der Waals surface area contributed by atoms with Crippen molar-refractivity contribution in [2.24, 2.45) is 5.92 Å². The molecule has 7 heteroatoms. The van der Waals surface area contributed by atoms with E-state index in [1.54, 1.807) is 6.92 Å². The summed E-state index contributed by atoms with van der Waals surface area (Å²) in [7, 11) is 0. The summed E-state index contributed by atoms with van der Waals surface area (Å²) < 4.78 is 5.85. The van der Waals surface area contributed by atoms with Crippen LogP contribution < -0.4 is 15.4 Å². The van der Waals surface area contributed by atoms with Crippen molar-refractivity contribution in [3.05, 3.63) is 65.7 Å². The Hall–Kier alpha value is -3.35. The van der Waals surface area contributed by atoms with E-state index in [1.807, 2.05) is 73.3 Å². The van der Waals surface area contributed by atoms with Crippen molar-refractivity contribution in [3.63, 3.8) is 0 Å². The van der Waals surface area contributed by atoms with Gasteiger partial charge in [0.15, 0.2) is 0 Å². The van der Waals surface area contributed by atoms with E-state index in [0.717, 1.165) is 81.3 Å². The smallest absolute Gasteiger partial charge is 0.244 e. The average molecular weight is 594 g/mol. The number of hydrogen-bond acceptors (Lipinski definition) is 4. The van der Waals surface area contributed by atoms with Crippen molar-refractivity contribution in [1.82, 2.24) is 15.5 Å². The van der Waals surface area contributed by atoms with Crippen LogP contribution in [-0.2, 0) is 27.4 Å². The molecule has 0 saturated heterocycles. The second-order valence-electron chi connectivity index (χ2n) is 11.9. The molecule has 0 saturated carbocycles. The van der Waals surface area contributed by atoms with Crippen LogP contribution in [0.15, 0.2) is 54.6 Å².